The number of ether oxygens (including phenoxy) is 1. The molecule has 0 radical (unpaired) electrons. The second-order valence-corrected chi connectivity index (χ2v) is 5.98. The topological polar surface area (TPSA) is 51.2 Å². The fourth-order valence-corrected chi connectivity index (χ4v) is 2.97. The zero-order chi connectivity index (χ0) is 13.0. The molecule has 96 valence electrons. The molecule has 4 nitrogen and oxygen atoms in total. The Morgan fingerprint density at radius 3 is 3.06 bits per heavy atom. The Morgan fingerprint density at radius 2 is 2.39 bits per heavy atom. The van der Waals surface area contributed by atoms with Gasteiger partial charge in [0.15, 0.2) is 10.8 Å². The number of esters is 1. The summed E-state index contributed by atoms with van der Waals surface area (Å²) >= 11 is 8.73. The first-order chi connectivity index (χ1) is 8.69. The van der Waals surface area contributed by atoms with Crippen molar-refractivity contribution in [3.8, 4) is 0 Å². The number of rotatable bonds is 5. The number of thiazole rings is 1. The van der Waals surface area contributed by atoms with Gasteiger partial charge in [-0.3, -0.25) is 0 Å². The molecule has 0 unspecified atom stereocenters. The molecule has 18 heavy (non-hydrogen) atoms. The van der Waals surface area contributed by atoms with Gasteiger partial charge in [-0.1, -0.05) is 11.6 Å². The lowest BCUT2D eigenvalue weighted by molar-refractivity contribution is 0.0520. The first-order valence-corrected chi connectivity index (χ1v) is 7.37. The number of carbonyl (C=O) groups is 1. The minimum atomic E-state index is -0.388. The Morgan fingerprint density at radius 1 is 1.56 bits per heavy atom. The zero-order valence-corrected chi connectivity index (χ0v) is 12.0. The van der Waals surface area contributed by atoms with Crippen LogP contribution in [0.5, 0.6) is 0 Å². The Balaban J connectivity index is 1.92. The zero-order valence-electron chi connectivity index (χ0n) is 9.60. The third kappa shape index (κ3) is 3.44. The van der Waals surface area contributed by atoms with Crippen LogP contribution in [0.1, 0.15) is 22.3 Å². The maximum Gasteiger partial charge on any atom is 0.357 e. The molecule has 0 saturated carbocycles. The molecule has 0 saturated heterocycles. The summed E-state index contributed by atoms with van der Waals surface area (Å²) in [5.74, 6) is -0.388. The average molecular weight is 303 g/mol. The highest BCUT2D eigenvalue weighted by Gasteiger charge is 2.11. The van der Waals surface area contributed by atoms with Crippen LogP contribution < -0.4 is 5.32 Å². The van der Waals surface area contributed by atoms with Crippen molar-refractivity contribution in [3.63, 3.8) is 0 Å². The third-order valence-electron chi connectivity index (χ3n) is 2.03. The van der Waals surface area contributed by atoms with E-state index in [9.17, 15) is 4.79 Å². The van der Waals surface area contributed by atoms with Crippen LogP contribution in [0.3, 0.4) is 0 Å². The number of nitrogens with one attached hydrogen (secondary N) is 1. The van der Waals surface area contributed by atoms with Gasteiger partial charge in [-0.25, -0.2) is 9.78 Å². The summed E-state index contributed by atoms with van der Waals surface area (Å²) in [5.41, 5.74) is 0.341. The van der Waals surface area contributed by atoms with Gasteiger partial charge < -0.3 is 10.1 Å². The molecule has 0 aromatic carbocycles. The smallest absolute Gasteiger partial charge is 0.357 e. The predicted octanol–water partition coefficient (Wildman–Crippen LogP) is 3.65. The van der Waals surface area contributed by atoms with Crippen molar-refractivity contribution in [2.75, 3.05) is 11.9 Å². The lowest BCUT2D eigenvalue weighted by Crippen LogP contribution is -2.05. The second-order valence-electron chi connectivity index (χ2n) is 3.32. The lowest BCUT2D eigenvalue weighted by Gasteiger charge is -1.99. The van der Waals surface area contributed by atoms with E-state index in [-0.39, 0.29) is 5.97 Å². The van der Waals surface area contributed by atoms with Crippen molar-refractivity contribution in [1.82, 2.24) is 4.98 Å². The van der Waals surface area contributed by atoms with E-state index in [1.165, 1.54) is 22.7 Å². The summed E-state index contributed by atoms with van der Waals surface area (Å²) in [6.45, 7) is 2.77. The number of carbonyl (C=O) groups excluding carboxylic acids is 1. The molecular weight excluding hydrogens is 292 g/mol. The van der Waals surface area contributed by atoms with E-state index in [1.54, 1.807) is 12.3 Å². The number of halogens is 1. The van der Waals surface area contributed by atoms with Gasteiger partial charge in [-0.15, -0.1) is 22.7 Å². The van der Waals surface area contributed by atoms with Crippen molar-refractivity contribution in [1.29, 1.82) is 0 Å². The molecule has 2 aromatic rings. The van der Waals surface area contributed by atoms with E-state index in [0.29, 0.717) is 24.0 Å². The molecule has 0 aliphatic carbocycles. The molecular formula is C11H11ClN2O2S2. The number of aromatic nitrogens is 1. The summed E-state index contributed by atoms with van der Waals surface area (Å²) in [7, 11) is 0. The maximum absolute atomic E-state index is 11.4. The molecule has 2 heterocycles. The highest BCUT2D eigenvalue weighted by molar-refractivity contribution is 7.16. The van der Waals surface area contributed by atoms with Crippen molar-refractivity contribution < 1.29 is 9.53 Å². The molecule has 0 fully saturated rings. The third-order valence-corrected chi connectivity index (χ3v) is 4.06. The molecule has 0 aliphatic rings. The van der Waals surface area contributed by atoms with Crippen molar-refractivity contribution >= 4 is 45.4 Å². The highest BCUT2D eigenvalue weighted by atomic mass is 35.5. The summed E-state index contributed by atoms with van der Waals surface area (Å²) in [6.07, 6.45) is 0. The normalized spacial score (nSPS) is 10.3. The van der Waals surface area contributed by atoms with E-state index >= 15 is 0 Å². The van der Waals surface area contributed by atoms with Crippen LogP contribution in [-0.4, -0.2) is 17.6 Å². The van der Waals surface area contributed by atoms with Gasteiger partial charge in [0, 0.05) is 10.3 Å². The summed E-state index contributed by atoms with van der Waals surface area (Å²) < 4.78 is 5.63. The van der Waals surface area contributed by atoms with Crippen LogP contribution in [0.25, 0.3) is 0 Å². The average Bonchev–Trinajstić information content (AvgIpc) is 2.95. The number of nitrogens with zero attached hydrogens (tertiary/aromatic N) is 1. The van der Waals surface area contributed by atoms with E-state index < -0.39 is 0 Å². The number of hydrogen-bond donors (Lipinski definition) is 1. The van der Waals surface area contributed by atoms with Crippen LogP contribution in [0.2, 0.25) is 4.34 Å². The van der Waals surface area contributed by atoms with Gasteiger partial charge >= 0.3 is 5.97 Å². The van der Waals surface area contributed by atoms with Crippen LogP contribution in [0.4, 0.5) is 5.13 Å². The number of anilines is 1. The van der Waals surface area contributed by atoms with Gasteiger partial charge in [-0.05, 0) is 19.1 Å². The van der Waals surface area contributed by atoms with Gasteiger partial charge in [0.1, 0.15) is 0 Å². The first kappa shape index (κ1) is 13.3. The van der Waals surface area contributed by atoms with Crippen LogP contribution in [-0.2, 0) is 11.3 Å². The molecule has 0 atom stereocenters. The molecule has 2 rings (SSSR count). The number of hydrogen-bond acceptors (Lipinski definition) is 6. The van der Waals surface area contributed by atoms with Gasteiger partial charge in [0.25, 0.3) is 0 Å². The molecule has 0 amide bonds. The quantitative estimate of drug-likeness (QED) is 0.857. The van der Waals surface area contributed by atoms with Crippen molar-refractivity contribution in [2.24, 2.45) is 0 Å². The minimum Gasteiger partial charge on any atom is -0.461 e. The van der Waals surface area contributed by atoms with Gasteiger partial charge in [0.2, 0.25) is 0 Å². The fraction of sp³-hybridized carbons (Fsp3) is 0.273. The van der Waals surface area contributed by atoms with Crippen LogP contribution >= 0.6 is 34.3 Å². The molecule has 0 bridgehead atoms. The minimum absolute atomic E-state index is 0.341. The summed E-state index contributed by atoms with van der Waals surface area (Å²) in [5, 5.41) is 5.52. The Labute approximate surface area is 118 Å². The van der Waals surface area contributed by atoms with Crippen LogP contribution in [0, 0.1) is 0 Å². The predicted molar refractivity (Wildman–Crippen MR) is 74.7 cm³/mol. The molecule has 1 N–H and O–H groups in total. The fourth-order valence-electron chi connectivity index (χ4n) is 1.26. The van der Waals surface area contributed by atoms with Crippen molar-refractivity contribution in [2.45, 2.75) is 13.5 Å². The second kappa shape index (κ2) is 6.17. The van der Waals surface area contributed by atoms with Gasteiger partial charge in [0.05, 0.1) is 17.5 Å². The lowest BCUT2D eigenvalue weighted by atomic mass is 10.5. The van der Waals surface area contributed by atoms with Gasteiger partial charge in [-0.2, -0.15) is 0 Å². The standard InChI is InChI=1S/C11H11ClN2O2S2/c1-2-16-10(15)8-6-17-11(14-8)13-5-7-3-4-9(12)18-7/h3-4,6H,2,5H2,1H3,(H,13,14). The molecule has 0 aliphatic heterocycles. The first-order valence-electron chi connectivity index (χ1n) is 5.29. The molecule has 2 aromatic heterocycles. The van der Waals surface area contributed by atoms with Crippen LogP contribution in [0.15, 0.2) is 17.5 Å². The maximum atomic E-state index is 11.4. The highest BCUT2D eigenvalue weighted by Crippen LogP contribution is 2.23. The van der Waals surface area contributed by atoms with E-state index in [4.69, 9.17) is 16.3 Å². The van der Waals surface area contributed by atoms with E-state index in [1.807, 2.05) is 12.1 Å². The summed E-state index contributed by atoms with van der Waals surface area (Å²) in [6, 6.07) is 3.81. The van der Waals surface area contributed by atoms with E-state index in [2.05, 4.69) is 10.3 Å². The molecule has 0 spiro atoms. The summed E-state index contributed by atoms with van der Waals surface area (Å²) in [4.78, 5) is 16.7. The molecule has 7 heteroatoms. The Kier molecular flexibility index (Phi) is 4.57. The largest absolute Gasteiger partial charge is 0.461 e. The monoisotopic (exact) mass is 302 g/mol. The van der Waals surface area contributed by atoms with E-state index in [0.717, 1.165) is 9.21 Å². The number of thiophene rings is 1. The Hall–Kier alpha value is -1.11. The van der Waals surface area contributed by atoms with Crippen molar-refractivity contribution in [3.05, 3.63) is 32.4 Å². The SMILES string of the molecule is CCOC(=O)c1csc(NCc2ccc(Cl)s2)n1. The Bertz CT molecular complexity index is 539.